The third kappa shape index (κ3) is 3.97. The van der Waals surface area contributed by atoms with E-state index in [0.717, 1.165) is 12.8 Å². The normalized spacial score (nSPS) is 25.0. The van der Waals surface area contributed by atoms with Gasteiger partial charge in [-0.3, -0.25) is 9.59 Å². The van der Waals surface area contributed by atoms with Gasteiger partial charge in [0.1, 0.15) is 5.54 Å². The third-order valence-electron chi connectivity index (χ3n) is 4.47. The Hall–Kier alpha value is -1.63. The van der Waals surface area contributed by atoms with Crippen molar-refractivity contribution in [3.05, 3.63) is 0 Å². The lowest BCUT2D eigenvalue weighted by Gasteiger charge is -2.30. The minimum Gasteiger partial charge on any atom is -0.467 e. The van der Waals surface area contributed by atoms with E-state index in [9.17, 15) is 14.4 Å². The van der Waals surface area contributed by atoms with Gasteiger partial charge in [0.2, 0.25) is 11.8 Å². The van der Waals surface area contributed by atoms with Crippen molar-refractivity contribution in [1.82, 2.24) is 10.6 Å². The zero-order chi connectivity index (χ0) is 16.3. The van der Waals surface area contributed by atoms with Crippen molar-refractivity contribution in [3.63, 3.8) is 0 Å². The first kappa shape index (κ1) is 16.7. The second-order valence-corrected chi connectivity index (χ2v) is 6.58. The van der Waals surface area contributed by atoms with Crippen LogP contribution < -0.4 is 16.4 Å². The van der Waals surface area contributed by atoms with Gasteiger partial charge in [-0.2, -0.15) is 0 Å². The van der Waals surface area contributed by atoms with Crippen molar-refractivity contribution in [2.45, 2.75) is 50.6 Å². The summed E-state index contributed by atoms with van der Waals surface area (Å²) in [7, 11) is 1.27. The van der Waals surface area contributed by atoms with Gasteiger partial charge in [-0.1, -0.05) is 12.8 Å². The molecule has 2 amide bonds. The van der Waals surface area contributed by atoms with Gasteiger partial charge < -0.3 is 21.1 Å². The van der Waals surface area contributed by atoms with E-state index in [1.165, 1.54) is 7.11 Å². The monoisotopic (exact) mass is 311 g/mol. The second kappa shape index (κ2) is 6.64. The number of methoxy groups -OCH3 is 1. The number of nitrogens with one attached hydrogen (secondary N) is 2. The van der Waals surface area contributed by atoms with Crippen LogP contribution in [0.4, 0.5) is 0 Å². The van der Waals surface area contributed by atoms with E-state index in [4.69, 9.17) is 10.5 Å². The molecule has 2 aliphatic rings. The molecule has 4 N–H and O–H groups in total. The molecule has 2 fully saturated rings. The first-order chi connectivity index (χ1) is 10.4. The molecule has 3 atom stereocenters. The summed E-state index contributed by atoms with van der Waals surface area (Å²) in [6.07, 6.45) is 3.71. The van der Waals surface area contributed by atoms with Crippen molar-refractivity contribution in [3.8, 4) is 0 Å². The average Bonchev–Trinajstić information content (AvgIpc) is 3.20. The van der Waals surface area contributed by atoms with Crippen molar-refractivity contribution < 1.29 is 19.1 Å². The first-order valence-electron chi connectivity index (χ1n) is 7.79. The molecule has 22 heavy (non-hydrogen) atoms. The molecule has 1 heterocycles. The van der Waals surface area contributed by atoms with Crippen LogP contribution in [-0.2, 0) is 19.1 Å². The number of carbonyl (C=O) groups excluding carboxylic acids is 3. The van der Waals surface area contributed by atoms with E-state index in [0.29, 0.717) is 25.3 Å². The molecule has 124 valence electrons. The molecule has 0 aromatic rings. The maximum atomic E-state index is 12.3. The highest BCUT2D eigenvalue weighted by Crippen LogP contribution is 2.33. The Morgan fingerprint density at radius 1 is 1.45 bits per heavy atom. The molecular formula is C15H25N3O4. The molecule has 7 heteroatoms. The topological polar surface area (TPSA) is 111 Å². The molecule has 1 saturated carbocycles. The lowest BCUT2D eigenvalue weighted by Crippen LogP contribution is -2.58. The van der Waals surface area contributed by atoms with Crippen LogP contribution in [-0.4, -0.2) is 43.0 Å². The molecule has 0 aromatic carbocycles. The Labute approximate surface area is 130 Å². The molecule has 1 aliphatic heterocycles. The fourth-order valence-corrected chi connectivity index (χ4v) is 2.93. The van der Waals surface area contributed by atoms with Crippen LogP contribution in [0.3, 0.4) is 0 Å². The van der Waals surface area contributed by atoms with Gasteiger partial charge in [-0.05, 0) is 32.1 Å². The van der Waals surface area contributed by atoms with Gasteiger partial charge in [-0.15, -0.1) is 0 Å². The predicted molar refractivity (Wildman–Crippen MR) is 79.6 cm³/mol. The second-order valence-electron chi connectivity index (χ2n) is 6.58. The Balaban J connectivity index is 2.01. The summed E-state index contributed by atoms with van der Waals surface area (Å²) in [5.41, 5.74) is 4.66. The van der Waals surface area contributed by atoms with Crippen molar-refractivity contribution in [1.29, 1.82) is 0 Å². The smallest absolute Gasteiger partial charge is 0.331 e. The van der Waals surface area contributed by atoms with Gasteiger partial charge in [0.15, 0.2) is 0 Å². The van der Waals surface area contributed by atoms with Gasteiger partial charge in [-0.25, -0.2) is 4.79 Å². The van der Waals surface area contributed by atoms with Crippen LogP contribution in [0.5, 0.6) is 0 Å². The van der Waals surface area contributed by atoms with Crippen LogP contribution in [0.1, 0.15) is 39.0 Å². The maximum absolute atomic E-state index is 12.3. The fourth-order valence-electron chi connectivity index (χ4n) is 2.93. The van der Waals surface area contributed by atoms with Crippen molar-refractivity contribution >= 4 is 17.8 Å². The quantitative estimate of drug-likeness (QED) is 0.559. The van der Waals surface area contributed by atoms with Crippen molar-refractivity contribution in [2.24, 2.45) is 17.6 Å². The number of esters is 1. The summed E-state index contributed by atoms with van der Waals surface area (Å²) in [6.45, 7) is 2.18. The number of amides is 2. The minimum atomic E-state index is -1.24. The molecular weight excluding hydrogens is 286 g/mol. The zero-order valence-corrected chi connectivity index (χ0v) is 13.2. The van der Waals surface area contributed by atoms with Crippen LogP contribution >= 0.6 is 0 Å². The summed E-state index contributed by atoms with van der Waals surface area (Å²) in [5, 5.41) is 5.44. The highest BCUT2D eigenvalue weighted by Gasteiger charge is 2.42. The fraction of sp³-hybridized carbons (Fsp3) is 0.800. The predicted octanol–water partition coefficient (Wildman–Crippen LogP) is -0.312. The van der Waals surface area contributed by atoms with E-state index >= 15 is 0 Å². The van der Waals surface area contributed by atoms with Gasteiger partial charge >= 0.3 is 5.97 Å². The number of hydrogen-bond acceptors (Lipinski definition) is 5. The van der Waals surface area contributed by atoms with Gasteiger partial charge in [0, 0.05) is 12.5 Å². The zero-order valence-electron chi connectivity index (χ0n) is 13.2. The lowest BCUT2D eigenvalue weighted by atomic mass is 9.87. The molecule has 0 spiro atoms. The van der Waals surface area contributed by atoms with Gasteiger partial charge in [0.05, 0.1) is 13.2 Å². The van der Waals surface area contributed by atoms with Crippen LogP contribution in [0.15, 0.2) is 0 Å². The number of ether oxygens (including phenoxy) is 1. The SMILES string of the molecule is COC(=O)C(C)(CC1CCNC1=O)NC(=O)C(N)CC1CC1. The highest BCUT2D eigenvalue weighted by molar-refractivity contribution is 5.91. The highest BCUT2D eigenvalue weighted by atomic mass is 16.5. The first-order valence-corrected chi connectivity index (χ1v) is 7.79. The minimum absolute atomic E-state index is 0.0911. The summed E-state index contributed by atoms with van der Waals surface area (Å²) in [5.74, 6) is -0.793. The van der Waals surface area contributed by atoms with E-state index in [2.05, 4.69) is 10.6 Å². The summed E-state index contributed by atoms with van der Waals surface area (Å²) in [6, 6.07) is -0.631. The molecule has 1 aliphatic carbocycles. The van der Waals surface area contributed by atoms with Crippen LogP contribution in [0.2, 0.25) is 0 Å². The molecule has 0 radical (unpaired) electrons. The average molecular weight is 311 g/mol. The van der Waals surface area contributed by atoms with E-state index in [1.54, 1.807) is 6.92 Å². The number of carbonyl (C=O) groups is 3. The summed E-state index contributed by atoms with van der Waals surface area (Å²) >= 11 is 0. The molecule has 2 rings (SSSR count). The number of nitrogens with two attached hydrogens (primary N) is 1. The Bertz CT molecular complexity index is 464. The third-order valence-corrected chi connectivity index (χ3v) is 4.47. The molecule has 0 bridgehead atoms. The van der Waals surface area contributed by atoms with Crippen LogP contribution in [0, 0.1) is 11.8 Å². The molecule has 0 aromatic heterocycles. The Kier molecular flexibility index (Phi) is 5.05. The van der Waals surface area contributed by atoms with E-state index < -0.39 is 17.6 Å². The Morgan fingerprint density at radius 2 is 2.14 bits per heavy atom. The lowest BCUT2D eigenvalue weighted by molar-refractivity contribution is -0.151. The van der Waals surface area contributed by atoms with Gasteiger partial charge in [0.25, 0.3) is 0 Å². The van der Waals surface area contributed by atoms with E-state index in [1.807, 2.05) is 0 Å². The number of hydrogen-bond donors (Lipinski definition) is 3. The molecule has 3 unspecified atom stereocenters. The van der Waals surface area contributed by atoms with Crippen molar-refractivity contribution in [2.75, 3.05) is 13.7 Å². The number of rotatable bonds is 7. The maximum Gasteiger partial charge on any atom is 0.331 e. The van der Waals surface area contributed by atoms with E-state index in [-0.39, 0.29) is 24.2 Å². The Morgan fingerprint density at radius 3 is 2.64 bits per heavy atom. The summed E-state index contributed by atoms with van der Waals surface area (Å²) in [4.78, 5) is 36.1. The largest absolute Gasteiger partial charge is 0.467 e. The molecule has 7 nitrogen and oxygen atoms in total. The van der Waals surface area contributed by atoms with Crippen LogP contribution in [0.25, 0.3) is 0 Å². The standard InChI is InChI=1S/C15H25N3O4/c1-15(14(21)22-2,8-10-5-6-17-12(10)19)18-13(20)11(16)7-9-3-4-9/h9-11H,3-8,16H2,1-2H3,(H,17,19)(H,18,20). The summed E-state index contributed by atoms with van der Waals surface area (Å²) < 4.78 is 4.81. The molecule has 1 saturated heterocycles.